The largest absolute Gasteiger partial charge is 0.294 e. The first-order valence-corrected chi connectivity index (χ1v) is 6.81. The standard InChI is InChI=1S/C15H23ClN2/c1-11(13-7-9-18-14(16)10-13)6-8-17-12(2)15(3,4)5/h7-12H,6H2,1-5H3. The van der Waals surface area contributed by atoms with Crippen LogP contribution in [0.2, 0.25) is 5.15 Å². The topological polar surface area (TPSA) is 25.2 Å². The summed E-state index contributed by atoms with van der Waals surface area (Å²) in [5, 5.41) is 0.555. The summed E-state index contributed by atoms with van der Waals surface area (Å²) in [4.78, 5) is 8.60. The summed E-state index contributed by atoms with van der Waals surface area (Å²) in [5.41, 5.74) is 1.43. The van der Waals surface area contributed by atoms with E-state index in [1.807, 2.05) is 18.3 Å². The molecule has 2 nitrogen and oxygen atoms in total. The van der Waals surface area contributed by atoms with Gasteiger partial charge in [0.1, 0.15) is 5.15 Å². The number of hydrogen-bond acceptors (Lipinski definition) is 2. The Labute approximate surface area is 115 Å². The van der Waals surface area contributed by atoms with Gasteiger partial charge in [-0.05, 0) is 48.6 Å². The second kappa shape index (κ2) is 6.33. The summed E-state index contributed by atoms with van der Waals surface area (Å²) in [6.07, 6.45) is 4.72. The van der Waals surface area contributed by atoms with Crippen LogP contribution in [0.15, 0.2) is 23.3 Å². The van der Waals surface area contributed by atoms with E-state index in [4.69, 9.17) is 11.6 Å². The minimum Gasteiger partial charge on any atom is -0.294 e. The second-order valence-electron chi connectivity index (χ2n) is 5.92. The summed E-state index contributed by atoms with van der Waals surface area (Å²) in [7, 11) is 0. The predicted octanol–water partition coefficient (Wildman–Crippen LogP) is 4.73. The average Bonchev–Trinajstić information content (AvgIpc) is 2.27. The summed E-state index contributed by atoms with van der Waals surface area (Å²) < 4.78 is 0. The molecule has 0 aliphatic carbocycles. The van der Waals surface area contributed by atoms with Crippen LogP contribution in [0.5, 0.6) is 0 Å². The van der Waals surface area contributed by atoms with Gasteiger partial charge in [0.15, 0.2) is 0 Å². The van der Waals surface area contributed by atoms with Crippen molar-refractivity contribution in [3.63, 3.8) is 0 Å². The van der Waals surface area contributed by atoms with Crippen LogP contribution < -0.4 is 0 Å². The molecule has 0 bridgehead atoms. The molecule has 0 aromatic carbocycles. The van der Waals surface area contributed by atoms with Gasteiger partial charge < -0.3 is 0 Å². The third-order valence-corrected chi connectivity index (χ3v) is 3.57. The third kappa shape index (κ3) is 4.77. The minimum atomic E-state index is 0.222. The molecule has 0 amide bonds. The van der Waals surface area contributed by atoms with Gasteiger partial charge in [-0.1, -0.05) is 39.3 Å². The van der Waals surface area contributed by atoms with Crippen molar-refractivity contribution in [2.75, 3.05) is 0 Å². The van der Waals surface area contributed by atoms with Crippen LogP contribution in [-0.2, 0) is 0 Å². The van der Waals surface area contributed by atoms with Gasteiger partial charge in [0.05, 0.1) is 6.04 Å². The smallest absolute Gasteiger partial charge is 0.129 e. The fourth-order valence-electron chi connectivity index (χ4n) is 1.46. The zero-order valence-corrected chi connectivity index (χ0v) is 12.7. The van der Waals surface area contributed by atoms with Crippen LogP contribution >= 0.6 is 11.6 Å². The highest BCUT2D eigenvalue weighted by molar-refractivity contribution is 6.29. The molecule has 1 rings (SSSR count). The van der Waals surface area contributed by atoms with Crippen LogP contribution in [0.1, 0.15) is 52.5 Å². The monoisotopic (exact) mass is 266 g/mol. The van der Waals surface area contributed by atoms with Gasteiger partial charge in [-0.15, -0.1) is 0 Å². The highest BCUT2D eigenvalue weighted by Gasteiger charge is 2.18. The molecule has 3 heteroatoms. The zero-order valence-electron chi connectivity index (χ0n) is 11.9. The Morgan fingerprint density at radius 1 is 1.39 bits per heavy atom. The molecule has 0 spiro atoms. The first kappa shape index (κ1) is 15.2. The highest BCUT2D eigenvalue weighted by Crippen LogP contribution is 2.23. The number of pyridine rings is 1. The van der Waals surface area contributed by atoms with E-state index in [2.05, 4.69) is 44.6 Å². The van der Waals surface area contributed by atoms with Crippen LogP contribution in [-0.4, -0.2) is 17.2 Å². The number of nitrogens with zero attached hydrogens (tertiary/aromatic N) is 2. The van der Waals surface area contributed by atoms with Gasteiger partial charge >= 0.3 is 0 Å². The van der Waals surface area contributed by atoms with E-state index in [9.17, 15) is 0 Å². The number of halogens is 1. The maximum Gasteiger partial charge on any atom is 0.129 e. The summed E-state index contributed by atoms with van der Waals surface area (Å²) in [6, 6.07) is 4.27. The Bertz CT molecular complexity index is 407. The molecule has 1 aromatic rings. The second-order valence-corrected chi connectivity index (χ2v) is 6.31. The van der Waals surface area contributed by atoms with Crippen molar-refractivity contribution in [1.82, 2.24) is 4.98 Å². The van der Waals surface area contributed by atoms with E-state index in [1.165, 1.54) is 5.56 Å². The lowest BCUT2D eigenvalue weighted by Crippen LogP contribution is -2.20. The molecular weight excluding hydrogens is 244 g/mol. The Kier molecular flexibility index (Phi) is 5.33. The Morgan fingerprint density at radius 3 is 2.61 bits per heavy atom. The number of hydrogen-bond donors (Lipinski definition) is 0. The summed E-state index contributed by atoms with van der Waals surface area (Å²) >= 11 is 5.89. The molecule has 18 heavy (non-hydrogen) atoms. The van der Waals surface area contributed by atoms with Crippen LogP contribution in [0.4, 0.5) is 0 Å². The first-order valence-electron chi connectivity index (χ1n) is 6.44. The average molecular weight is 267 g/mol. The van der Waals surface area contributed by atoms with Crippen molar-refractivity contribution < 1.29 is 0 Å². The molecule has 0 aliphatic heterocycles. The van der Waals surface area contributed by atoms with E-state index < -0.39 is 0 Å². The third-order valence-electron chi connectivity index (χ3n) is 3.36. The van der Waals surface area contributed by atoms with Gasteiger partial charge in [0.2, 0.25) is 0 Å². The molecule has 1 heterocycles. The van der Waals surface area contributed by atoms with E-state index in [0.29, 0.717) is 17.1 Å². The SMILES string of the molecule is CC(CC=NC(C)C(C)(C)C)c1ccnc(Cl)c1. The normalized spacial score (nSPS) is 15.9. The fourth-order valence-corrected chi connectivity index (χ4v) is 1.64. The van der Waals surface area contributed by atoms with E-state index in [0.717, 1.165) is 6.42 Å². The lowest BCUT2D eigenvalue weighted by atomic mass is 9.88. The maximum absolute atomic E-state index is 5.89. The summed E-state index contributed by atoms with van der Waals surface area (Å²) in [5.74, 6) is 0.418. The predicted molar refractivity (Wildman–Crippen MR) is 79.7 cm³/mol. The molecule has 100 valence electrons. The molecule has 1 aromatic heterocycles. The molecule has 0 N–H and O–H groups in total. The van der Waals surface area contributed by atoms with E-state index >= 15 is 0 Å². The quantitative estimate of drug-likeness (QED) is 0.571. The Balaban J connectivity index is 2.56. The van der Waals surface area contributed by atoms with Crippen LogP contribution in [0.25, 0.3) is 0 Å². The van der Waals surface area contributed by atoms with Crippen LogP contribution in [0.3, 0.4) is 0 Å². The Hall–Kier alpha value is -0.890. The maximum atomic E-state index is 5.89. The van der Waals surface area contributed by atoms with Gasteiger partial charge in [0.25, 0.3) is 0 Å². The lowest BCUT2D eigenvalue weighted by molar-refractivity contribution is 0.342. The molecule has 0 saturated carbocycles. The Morgan fingerprint density at radius 2 is 2.06 bits per heavy atom. The van der Waals surface area contributed by atoms with Crippen molar-refractivity contribution in [2.24, 2.45) is 10.4 Å². The molecule has 2 unspecified atom stereocenters. The molecule has 0 aliphatic rings. The van der Waals surface area contributed by atoms with Crippen molar-refractivity contribution in [1.29, 1.82) is 0 Å². The van der Waals surface area contributed by atoms with E-state index in [-0.39, 0.29) is 5.41 Å². The van der Waals surface area contributed by atoms with Gasteiger partial charge in [0, 0.05) is 6.20 Å². The first-order chi connectivity index (χ1) is 8.30. The van der Waals surface area contributed by atoms with Gasteiger partial charge in [-0.3, -0.25) is 4.99 Å². The van der Waals surface area contributed by atoms with Crippen molar-refractivity contribution in [2.45, 2.75) is 53.0 Å². The molecule has 0 radical (unpaired) electrons. The summed E-state index contributed by atoms with van der Waals surface area (Å²) in [6.45, 7) is 11.0. The number of aromatic nitrogens is 1. The fraction of sp³-hybridized carbons (Fsp3) is 0.600. The van der Waals surface area contributed by atoms with Crippen molar-refractivity contribution in [3.05, 3.63) is 29.0 Å². The molecular formula is C15H23ClN2. The van der Waals surface area contributed by atoms with Gasteiger partial charge in [-0.25, -0.2) is 4.98 Å². The number of aliphatic imine (C=N–C) groups is 1. The van der Waals surface area contributed by atoms with Gasteiger partial charge in [-0.2, -0.15) is 0 Å². The highest BCUT2D eigenvalue weighted by atomic mass is 35.5. The number of rotatable bonds is 4. The minimum absolute atomic E-state index is 0.222. The molecule has 0 fully saturated rings. The van der Waals surface area contributed by atoms with Crippen molar-refractivity contribution >= 4 is 17.8 Å². The van der Waals surface area contributed by atoms with E-state index in [1.54, 1.807) is 6.20 Å². The lowest BCUT2D eigenvalue weighted by Gasteiger charge is -2.23. The molecule has 2 atom stereocenters. The van der Waals surface area contributed by atoms with Crippen LogP contribution in [0, 0.1) is 5.41 Å². The van der Waals surface area contributed by atoms with Crippen molar-refractivity contribution in [3.8, 4) is 0 Å². The molecule has 0 saturated heterocycles. The zero-order chi connectivity index (χ0) is 13.8.